The van der Waals surface area contributed by atoms with Crippen molar-refractivity contribution in [2.24, 2.45) is 9.39 Å². The third-order valence-corrected chi connectivity index (χ3v) is 6.29. The number of hydrogen-bond acceptors (Lipinski definition) is 4. The zero-order valence-corrected chi connectivity index (χ0v) is 17.0. The number of aliphatic imine (C=N–C) groups is 1. The molecule has 0 aliphatic carbocycles. The molecule has 2 heterocycles. The van der Waals surface area contributed by atoms with Gasteiger partial charge in [-0.1, -0.05) is 55.0 Å². The molecule has 2 aliphatic heterocycles. The lowest BCUT2D eigenvalue weighted by molar-refractivity contribution is 0.0222. The van der Waals surface area contributed by atoms with Gasteiger partial charge in [0.1, 0.15) is 5.84 Å². The minimum absolute atomic E-state index is 0.0513. The van der Waals surface area contributed by atoms with Crippen LogP contribution in [0.5, 0.6) is 0 Å². The molecule has 0 amide bonds. The SMILES string of the molecule is CCc1ccc(C2(O)C(=NS(=O)(=O)c3ccc(C)cc3)N=C3C=CC=CN32)cc1. The van der Waals surface area contributed by atoms with Gasteiger partial charge in [0.15, 0.2) is 0 Å². The first-order valence-corrected chi connectivity index (χ1v) is 10.8. The van der Waals surface area contributed by atoms with E-state index < -0.39 is 15.7 Å². The van der Waals surface area contributed by atoms with Gasteiger partial charge < -0.3 is 5.11 Å². The van der Waals surface area contributed by atoms with Crippen LogP contribution < -0.4 is 0 Å². The maximum absolute atomic E-state index is 12.9. The molecule has 0 spiro atoms. The smallest absolute Gasteiger partial charge is 0.284 e. The van der Waals surface area contributed by atoms with E-state index >= 15 is 0 Å². The summed E-state index contributed by atoms with van der Waals surface area (Å²) in [5, 5.41) is 11.7. The molecule has 0 radical (unpaired) electrons. The zero-order chi connectivity index (χ0) is 20.6. The fourth-order valence-electron chi connectivity index (χ4n) is 3.29. The Bertz CT molecular complexity index is 1160. The van der Waals surface area contributed by atoms with Crippen LogP contribution in [0.2, 0.25) is 0 Å². The van der Waals surface area contributed by atoms with Crippen molar-refractivity contribution in [2.75, 3.05) is 0 Å². The maximum atomic E-state index is 12.9. The van der Waals surface area contributed by atoms with E-state index in [0.717, 1.165) is 17.5 Å². The van der Waals surface area contributed by atoms with Crippen LogP contribution in [0.25, 0.3) is 0 Å². The number of nitrogens with zero attached hydrogens (tertiary/aromatic N) is 3. The Morgan fingerprint density at radius 2 is 1.76 bits per heavy atom. The van der Waals surface area contributed by atoms with E-state index in [4.69, 9.17) is 0 Å². The molecule has 2 aromatic carbocycles. The van der Waals surface area contributed by atoms with Gasteiger partial charge in [-0.2, -0.15) is 8.42 Å². The molecule has 7 heteroatoms. The average Bonchev–Trinajstić information content (AvgIpc) is 3.01. The van der Waals surface area contributed by atoms with Crippen LogP contribution in [0.3, 0.4) is 0 Å². The van der Waals surface area contributed by atoms with Crippen molar-refractivity contribution >= 4 is 21.7 Å². The fraction of sp³-hybridized carbons (Fsp3) is 0.182. The van der Waals surface area contributed by atoms with Crippen LogP contribution in [0.4, 0.5) is 0 Å². The van der Waals surface area contributed by atoms with E-state index in [2.05, 4.69) is 9.39 Å². The first kappa shape index (κ1) is 19.3. The van der Waals surface area contributed by atoms with E-state index in [1.165, 1.54) is 17.0 Å². The second-order valence-electron chi connectivity index (χ2n) is 6.97. The molecule has 1 unspecified atom stereocenters. The lowest BCUT2D eigenvalue weighted by Crippen LogP contribution is -2.46. The molecule has 0 bridgehead atoms. The summed E-state index contributed by atoms with van der Waals surface area (Å²) in [5.74, 6) is 0.237. The molecule has 0 aromatic heterocycles. The second kappa shape index (κ2) is 7.09. The molecule has 6 nitrogen and oxygen atoms in total. The second-order valence-corrected chi connectivity index (χ2v) is 8.57. The van der Waals surface area contributed by atoms with E-state index in [9.17, 15) is 13.5 Å². The molecule has 2 aromatic rings. The van der Waals surface area contributed by atoms with Gasteiger partial charge in [0.25, 0.3) is 10.0 Å². The number of hydrogen-bond donors (Lipinski definition) is 1. The van der Waals surface area contributed by atoms with Crippen LogP contribution in [-0.2, 0) is 22.2 Å². The summed E-state index contributed by atoms with van der Waals surface area (Å²) in [5.41, 5.74) is 0.723. The van der Waals surface area contributed by atoms with Crippen LogP contribution in [0, 0.1) is 6.92 Å². The van der Waals surface area contributed by atoms with Crippen molar-refractivity contribution in [2.45, 2.75) is 30.9 Å². The average molecular weight is 407 g/mol. The number of allylic oxidation sites excluding steroid dienone is 2. The third-order valence-electron chi connectivity index (χ3n) is 5.01. The van der Waals surface area contributed by atoms with Crippen molar-refractivity contribution in [1.29, 1.82) is 0 Å². The highest BCUT2D eigenvalue weighted by Gasteiger charge is 2.48. The van der Waals surface area contributed by atoms with Gasteiger partial charge in [-0.05, 0) is 43.2 Å². The number of aryl methyl sites for hydroxylation is 2. The molecule has 1 atom stereocenters. The molecule has 4 rings (SSSR count). The highest BCUT2D eigenvalue weighted by Crippen LogP contribution is 2.36. The van der Waals surface area contributed by atoms with E-state index in [0.29, 0.717) is 11.4 Å². The summed E-state index contributed by atoms with van der Waals surface area (Å²) in [7, 11) is -4.05. The largest absolute Gasteiger partial charge is 0.360 e. The van der Waals surface area contributed by atoms with Gasteiger partial charge in [0.05, 0.1) is 4.90 Å². The highest BCUT2D eigenvalue weighted by atomic mass is 32.2. The van der Waals surface area contributed by atoms with Crippen molar-refractivity contribution in [1.82, 2.24) is 4.90 Å². The monoisotopic (exact) mass is 407 g/mol. The fourth-order valence-corrected chi connectivity index (χ4v) is 4.28. The van der Waals surface area contributed by atoms with Crippen LogP contribution in [0.15, 0.2) is 87.2 Å². The van der Waals surface area contributed by atoms with E-state index in [-0.39, 0.29) is 10.7 Å². The van der Waals surface area contributed by atoms with E-state index in [1.54, 1.807) is 48.7 Å². The first-order valence-electron chi connectivity index (χ1n) is 9.31. The Labute approximate surface area is 170 Å². The lowest BCUT2D eigenvalue weighted by atomic mass is 9.98. The number of benzene rings is 2. The molecule has 0 saturated carbocycles. The van der Waals surface area contributed by atoms with Crippen molar-refractivity contribution in [3.63, 3.8) is 0 Å². The molecule has 0 saturated heterocycles. The van der Waals surface area contributed by atoms with Crippen LogP contribution in [0.1, 0.15) is 23.6 Å². The predicted molar refractivity (Wildman–Crippen MR) is 113 cm³/mol. The number of sulfonamides is 1. The summed E-state index contributed by atoms with van der Waals surface area (Å²) in [4.78, 5) is 5.91. The zero-order valence-electron chi connectivity index (χ0n) is 16.1. The molecule has 2 aliphatic rings. The summed E-state index contributed by atoms with van der Waals surface area (Å²) in [6.07, 6.45) is 7.74. The summed E-state index contributed by atoms with van der Waals surface area (Å²) >= 11 is 0. The Balaban J connectivity index is 1.85. The molecule has 148 valence electrons. The van der Waals surface area contributed by atoms with Gasteiger partial charge in [-0.3, -0.25) is 4.90 Å². The number of fused-ring (bicyclic) bond motifs is 1. The predicted octanol–water partition coefficient (Wildman–Crippen LogP) is 3.29. The minimum atomic E-state index is -4.05. The van der Waals surface area contributed by atoms with Gasteiger partial charge in [-0.25, -0.2) is 4.99 Å². The van der Waals surface area contributed by atoms with Crippen molar-refractivity contribution in [3.8, 4) is 0 Å². The Kier molecular flexibility index (Phi) is 4.72. The van der Waals surface area contributed by atoms with Crippen molar-refractivity contribution in [3.05, 3.63) is 89.6 Å². The summed E-state index contributed by atoms with van der Waals surface area (Å²) in [6.45, 7) is 3.92. The minimum Gasteiger partial charge on any atom is -0.360 e. The molecular formula is C22H21N3O3S. The Morgan fingerprint density at radius 1 is 1.07 bits per heavy atom. The van der Waals surface area contributed by atoms with Gasteiger partial charge in [-0.15, -0.1) is 4.40 Å². The summed E-state index contributed by atoms with van der Waals surface area (Å²) in [6, 6.07) is 13.8. The lowest BCUT2D eigenvalue weighted by Gasteiger charge is -2.33. The number of amidine groups is 2. The normalized spacial score (nSPS) is 22.1. The quantitative estimate of drug-likeness (QED) is 0.843. The molecule has 29 heavy (non-hydrogen) atoms. The number of aliphatic hydroxyl groups is 1. The first-order chi connectivity index (χ1) is 13.8. The maximum Gasteiger partial charge on any atom is 0.284 e. The van der Waals surface area contributed by atoms with Crippen molar-refractivity contribution < 1.29 is 13.5 Å². The molecule has 1 N–H and O–H groups in total. The third kappa shape index (κ3) is 3.32. The van der Waals surface area contributed by atoms with Gasteiger partial charge in [0, 0.05) is 11.8 Å². The Morgan fingerprint density at radius 3 is 2.41 bits per heavy atom. The number of rotatable bonds is 4. The van der Waals surface area contributed by atoms with Gasteiger partial charge in [0.2, 0.25) is 11.6 Å². The molecular weight excluding hydrogens is 386 g/mol. The van der Waals surface area contributed by atoms with Crippen LogP contribution in [-0.4, -0.2) is 30.1 Å². The summed E-state index contributed by atoms with van der Waals surface area (Å²) < 4.78 is 29.8. The van der Waals surface area contributed by atoms with Gasteiger partial charge >= 0.3 is 0 Å². The molecule has 0 fully saturated rings. The van der Waals surface area contributed by atoms with E-state index in [1.807, 2.05) is 26.0 Å². The van der Waals surface area contributed by atoms with Crippen LogP contribution >= 0.6 is 0 Å². The topological polar surface area (TPSA) is 82.3 Å². The Hall–Kier alpha value is -3.03. The highest BCUT2D eigenvalue weighted by molar-refractivity contribution is 7.90. The standard InChI is InChI=1S/C22H21N3O3S/c1-3-17-9-11-18(12-10-17)22(26)21(23-20-6-4-5-15-25(20)22)24-29(27,28)19-13-7-16(2)8-14-19/h4-15,26H,3H2,1-2H3.